The highest BCUT2D eigenvalue weighted by molar-refractivity contribution is 5.81. The van der Waals surface area contributed by atoms with Crippen LogP contribution in [0.1, 0.15) is 16.7 Å². The third-order valence-electron chi connectivity index (χ3n) is 5.68. The molecule has 0 bridgehead atoms. The van der Waals surface area contributed by atoms with Crippen molar-refractivity contribution in [1.82, 2.24) is 15.0 Å². The monoisotopic (exact) mass is 429 g/mol. The van der Waals surface area contributed by atoms with Gasteiger partial charge in [0.15, 0.2) is 5.60 Å². The Morgan fingerprint density at radius 3 is 1.88 bits per heavy atom. The van der Waals surface area contributed by atoms with E-state index in [4.69, 9.17) is 0 Å². The Balaban J connectivity index is 1.76. The number of allylic oxidation sites excluding steroid dienone is 2. The van der Waals surface area contributed by atoms with Crippen LogP contribution in [0.4, 0.5) is 0 Å². The number of nitrogens with zero attached hydrogens (tertiary/aromatic N) is 3. The lowest BCUT2D eigenvalue weighted by molar-refractivity contribution is 0.138. The lowest BCUT2D eigenvalue weighted by Crippen LogP contribution is -2.32. The van der Waals surface area contributed by atoms with Gasteiger partial charge in [-0.1, -0.05) is 120 Å². The zero-order chi connectivity index (χ0) is 22.5. The van der Waals surface area contributed by atoms with Gasteiger partial charge in [-0.25, -0.2) is 4.68 Å². The molecule has 0 aliphatic heterocycles. The summed E-state index contributed by atoms with van der Waals surface area (Å²) in [6, 6.07) is 37.2. The van der Waals surface area contributed by atoms with Crippen LogP contribution in [0.2, 0.25) is 0 Å². The van der Waals surface area contributed by atoms with Crippen molar-refractivity contribution < 1.29 is 5.11 Å². The molecule has 33 heavy (non-hydrogen) atoms. The molecule has 1 heterocycles. The lowest BCUT2D eigenvalue weighted by Gasteiger charge is -2.32. The maximum Gasteiger partial charge on any atom is 0.157 e. The summed E-state index contributed by atoms with van der Waals surface area (Å²) in [7, 11) is 0. The van der Waals surface area contributed by atoms with E-state index in [0.29, 0.717) is 5.70 Å². The zero-order valence-corrected chi connectivity index (χ0v) is 18.0. The fourth-order valence-electron chi connectivity index (χ4n) is 4.03. The largest absolute Gasteiger partial charge is 0.374 e. The molecule has 4 aromatic carbocycles. The van der Waals surface area contributed by atoms with Gasteiger partial charge in [0.25, 0.3) is 0 Å². The number of hydrogen-bond acceptors (Lipinski definition) is 3. The van der Waals surface area contributed by atoms with Crippen LogP contribution >= 0.6 is 0 Å². The van der Waals surface area contributed by atoms with E-state index in [2.05, 4.69) is 10.3 Å². The summed E-state index contributed by atoms with van der Waals surface area (Å²) in [6.07, 6.45) is 5.86. The molecule has 0 fully saturated rings. The number of aliphatic hydroxyl groups is 1. The smallest absolute Gasteiger partial charge is 0.157 e. The highest BCUT2D eigenvalue weighted by atomic mass is 16.3. The highest BCUT2D eigenvalue weighted by Crippen LogP contribution is 2.40. The Morgan fingerprint density at radius 2 is 1.24 bits per heavy atom. The van der Waals surface area contributed by atoms with E-state index in [-0.39, 0.29) is 0 Å². The Hall–Kier alpha value is -4.28. The van der Waals surface area contributed by atoms with E-state index in [1.54, 1.807) is 4.68 Å². The third kappa shape index (κ3) is 4.00. The predicted octanol–water partition coefficient (Wildman–Crippen LogP) is 5.92. The van der Waals surface area contributed by atoms with E-state index in [0.717, 1.165) is 27.7 Å². The van der Waals surface area contributed by atoms with Gasteiger partial charge in [-0.15, -0.1) is 5.10 Å². The predicted molar refractivity (Wildman–Crippen MR) is 133 cm³/mol. The number of rotatable bonds is 6. The summed E-state index contributed by atoms with van der Waals surface area (Å²) in [5.41, 5.74) is 3.27. The molecule has 1 aromatic heterocycles. The van der Waals surface area contributed by atoms with Crippen LogP contribution in [0.15, 0.2) is 127 Å². The third-order valence-corrected chi connectivity index (χ3v) is 5.68. The van der Waals surface area contributed by atoms with Gasteiger partial charge >= 0.3 is 0 Å². The van der Waals surface area contributed by atoms with Crippen LogP contribution in [-0.4, -0.2) is 20.1 Å². The van der Waals surface area contributed by atoms with E-state index in [1.807, 2.05) is 133 Å². The van der Waals surface area contributed by atoms with Crippen LogP contribution in [0, 0.1) is 0 Å². The molecule has 0 aliphatic rings. The summed E-state index contributed by atoms with van der Waals surface area (Å²) >= 11 is 0. The molecule has 4 nitrogen and oxygen atoms in total. The summed E-state index contributed by atoms with van der Waals surface area (Å²) in [5, 5.41) is 21.2. The van der Waals surface area contributed by atoms with Gasteiger partial charge in [0.1, 0.15) is 5.52 Å². The number of benzene rings is 4. The number of aromatic nitrogens is 3. The molecule has 4 heteroatoms. The average molecular weight is 430 g/mol. The fourth-order valence-corrected chi connectivity index (χ4v) is 4.03. The standard InChI is InChI=1S/C29H23N3O/c33-29(24-16-6-2-7-17-24,25-18-8-3-9-19-25)28(22-12-15-23-13-4-1-5-14-23)32-27-21-11-10-20-26(27)30-31-32/h1-22,33H/b15-12+,28-22+. The first-order valence-electron chi connectivity index (χ1n) is 10.8. The molecular weight excluding hydrogens is 406 g/mol. The second-order valence-electron chi connectivity index (χ2n) is 7.75. The molecule has 0 unspecified atom stereocenters. The Bertz CT molecular complexity index is 1370. The van der Waals surface area contributed by atoms with E-state index >= 15 is 0 Å². The van der Waals surface area contributed by atoms with Crippen molar-refractivity contribution in [2.24, 2.45) is 0 Å². The van der Waals surface area contributed by atoms with Crippen molar-refractivity contribution in [2.45, 2.75) is 5.60 Å². The van der Waals surface area contributed by atoms with Gasteiger partial charge in [0, 0.05) is 0 Å². The summed E-state index contributed by atoms with van der Waals surface area (Å²) in [5.74, 6) is 0. The summed E-state index contributed by atoms with van der Waals surface area (Å²) < 4.78 is 1.73. The minimum absolute atomic E-state index is 0.584. The maximum absolute atomic E-state index is 12.5. The van der Waals surface area contributed by atoms with Crippen LogP contribution in [0.3, 0.4) is 0 Å². The number of fused-ring (bicyclic) bond motifs is 1. The second kappa shape index (κ2) is 9.07. The molecule has 0 saturated heterocycles. The Morgan fingerprint density at radius 1 is 0.697 bits per heavy atom. The van der Waals surface area contributed by atoms with Gasteiger partial charge in [-0.05, 0) is 34.9 Å². The molecule has 5 aromatic rings. The first kappa shape index (κ1) is 20.6. The second-order valence-corrected chi connectivity index (χ2v) is 7.75. The molecule has 0 saturated carbocycles. The SMILES string of the molecule is OC(/C(=C\C=C\c1ccccc1)n1nnc2ccccc21)(c1ccccc1)c1ccccc1. The number of hydrogen-bond donors (Lipinski definition) is 1. The molecule has 0 aliphatic carbocycles. The van der Waals surface area contributed by atoms with Gasteiger partial charge in [0.2, 0.25) is 0 Å². The van der Waals surface area contributed by atoms with E-state index in [1.165, 1.54) is 0 Å². The molecular formula is C29H23N3O. The summed E-state index contributed by atoms with van der Waals surface area (Å²) in [4.78, 5) is 0. The van der Waals surface area contributed by atoms with Crippen molar-refractivity contribution in [2.75, 3.05) is 0 Å². The van der Waals surface area contributed by atoms with Gasteiger partial charge in [-0.2, -0.15) is 0 Å². The van der Waals surface area contributed by atoms with Gasteiger partial charge in [0.05, 0.1) is 11.2 Å². The molecule has 0 radical (unpaired) electrons. The Kier molecular flexibility index (Phi) is 5.66. The molecule has 0 atom stereocenters. The maximum atomic E-state index is 12.5. The van der Waals surface area contributed by atoms with Crippen LogP contribution < -0.4 is 0 Å². The van der Waals surface area contributed by atoms with Crippen LogP contribution in [-0.2, 0) is 5.60 Å². The minimum atomic E-state index is -1.46. The molecule has 0 spiro atoms. The molecule has 160 valence electrons. The van der Waals surface area contributed by atoms with Crippen LogP contribution in [0.5, 0.6) is 0 Å². The van der Waals surface area contributed by atoms with Crippen LogP contribution in [0.25, 0.3) is 22.8 Å². The van der Waals surface area contributed by atoms with E-state index < -0.39 is 5.60 Å². The number of para-hydroxylation sites is 1. The zero-order valence-electron chi connectivity index (χ0n) is 18.0. The quantitative estimate of drug-likeness (QED) is 0.341. The molecule has 1 N–H and O–H groups in total. The van der Waals surface area contributed by atoms with Crippen molar-refractivity contribution in [3.8, 4) is 0 Å². The average Bonchev–Trinajstić information content (AvgIpc) is 3.32. The van der Waals surface area contributed by atoms with E-state index in [9.17, 15) is 5.11 Å². The van der Waals surface area contributed by atoms with Gasteiger partial charge < -0.3 is 5.11 Å². The highest BCUT2D eigenvalue weighted by Gasteiger charge is 2.38. The fraction of sp³-hybridized carbons (Fsp3) is 0.0345. The first-order chi connectivity index (χ1) is 16.3. The van der Waals surface area contributed by atoms with Crippen molar-refractivity contribution in [3.05, 3.63) is 144 Å². The summed E-state index contributed by atoms with van der Waals surface area (Å²) in [6.45, 7) is 0. The van der Waals surface area contributed by atoms with Crippen molar-refractivity contribution >= 4 is 22.8 Å². The normalized spacial score (nSPS) is 12.5. The Labute approximate surface area is 192 Å². The molecule has 5 rings (SSSR count). The minimum Gasteiger partial charge on any atom is -0.374 e. The van der Waals surface area contributed by atoms with Gasteiger partial charge in [-0.3, -0.25) is 0 Å². The topological polar surface area (TPSA) is 50.9 Å². The first-order valence-corrected chi connectivity index (χ1v) is 10.8. The van der Waals surface area contributed by atoms with Crippen molar-refractivity contribution in [1.29, 1.82) is 0 Å². The lowest BCUT2D eigenvalue weighted by atomic mass is 9.83. The molecule has 0 amide bonds. The van der Waals surface area contributed by atoms with Crippen molar-refractivity contribution in [3.63, 3.8) is 0 Å².